The first-order valence-corrected chi connectivity index (χ1v) is 6.82. The Hall–Kier alpha value is -1.96. The third-order valence-electron chi connectivity index (χ3n) is 3.38. The van der Waals surface area contributed by atoms with E-state index in [1.54, 1.807) is 7.05 Å². The van der Waals surface area contributed by atoms with E-state index in [-0.39, 0.29) is 5.69 Å². The van der Waals surface area contributed by atoms with Crippen molar-refractivity contribution >= 4 is 17.5 Å². The Labute approximate surface area is 118 Å². The maximum absolute atomic E-state index is 11.1. The van der Waals surface area contributed by atoms with Crippen LogP contribution >= 0.6 is 0 Å². The summed E-state index contributed by atoms with van der Waals surface area (Å²) >= 11 is 0. The molecular weight excluding hydrogens is 260 g/mol. The van der Waals surface area contributed by atoms with Crippen molar-refractivity contribution in [2.24, 2.45) is 0 Å². The van der Waals surface area contributed by atoms with Crippen LogP contribution in [0.25, 0.3) is 0 Å². The lowest BCUT2D eigenvalue weighted by atomic mass is 10.3. The van der Waals surface area contributed by atoms with Gasteiger partial charge in [-0.15, -0.1) is 0 Å². The van der Waals surface area contributed by atoms with E-state index in [1.165, 1.54) is 6.20 Å². The number of nitrogens with one attached hydrogen (secondary N) is 1. The zero-order valence-electron chi connectivity index (χ0n) is 11.9. The van der Waals surface area contributed by atoms with Gasteiger partial charge in [0.1, 0.15) is 6.20 Å². The minimum atomic E-state index is -0.423. The van der Waals surface area contributed by atoms with Gasteiger partial charge in [0.2, 0.25) is 11.8 Å². The summed E-state index contributed by atoms with van der Waals surface area (Å²) in [5.41, 5.74) is -0.0343. The Morgan fingerprint density at radius 2 is 2.10 bits per heavy atom. The second-order valence-electron chi connectivity index (χ2n) is 4.74. The van der Waals surface area contributed by atoms with Gasteiger partial charge in [-0.2, -0.15) is 4.98 Å². The Bertz CT molecular complexity index is 473. The second kappa shape index (κ2) is 6.47. The van der Waals surface area contributed by atoms with Gasteiger partial charge in [-0.1, -0.05) is 6.92 Å². The van der Waals surface area contributed by atoms with E-state index >= 15 is 0 Å². The molecule has 0 radical (unpaired) electrons. The van der Waals surface area contributed by atoms with E-state index in [0.717, 1.165) is 39.1 Å². The van der Waals surface area contributed by atoms with Crippen LogP contribution in [0.1, 0.15) is 13.3 Å². The summed E-state index contributed by atoms with van der Waals surface area (Å²) in [6, 6.07) is 0. The van der Waals surface area contributed by atoms with Gasteiger partial charge < -0.3 is 10.2 Å². The topological polar surface area (TPSA) is 87.4 Å². The Morgan fingerprint density at radius 1 is 1.40 bits per heavy atom. The van der Waals surface area contributed by atoms with Crippen molar-refractivity contribution < 1.29 is 4.92 Å². The summed E-state index contributed by atoms with van der Waals surface area (Å²) in [5, 5.41) is 13.9. The molecule has 1 aliphatic heterocycles. The van der Waals surface area contributed by atoms with Gasteiger partial charge in [0.15, 0.2) is 0 Å². The molecule has 1 N–H and O–H groups in total. The summed E-state index contributed by atoms with van der Waals surface area (Å²) in [6.07, 6.45) is 2.39. The maximum atomic E-state index is 11.1. The molecule has 2 rings (SSSR count). The van der Waals surface area contributed by atoms with Crippen LogP contribution < -0.4 is 10.2 Å². The SMILES string of the molecule is CCCN1CCN(c2nc(NC)ncc2[N+](=O)[O-])CC1. The average molecular weight is 280 g/mol. The van der Waals surface area contributed by atoms with E-state index < -0.39 is 4.92 Å². The van der Waals surface area contributed by atoms with Crippen LogP contribution in [-0.2, 0) is 0 Å². The molecule has 8 heteroatoms. The Morgan fingerprint density at radius 3 is 2.65 bits per heavy atom. The monoisotopic (exact) mass is 280 g/mol. The van der Waals surface area contributed by atoms with Gasteiger partial charge in [0.25, 0.3) is 0 Å². The van der Waals surface area contributed by atoms with E-state index in [1.807, 2.05) is 4.90 Å². The predicted molar refractivity (Wildman–Crippen MR) is 77.2 cm³/mol. The van der Waals surface area contributed by atoms with Crippen molar-refractivity contribution in [3.05, 3.63) is 16.3 Å². The van der Waals surface area contributed by atoms with E-state index in [9.17, 15) is 10.1 Å². The van der Waals surface area contributed by atoms with Gasteiger partial charge in [-0.05, 0) is 13.0 Å². The molecule has 0 saturated carbocycles. The first kappa shape index (κ1) is 14.4. The smallest absolute Gasteiger partial charge is 0.329 e. The fraction of sp³-hybridized carbons (Fsp3) is 0.667. The zero-order valence-corrected chi connectivity index (χ0v) is 11.9. The van der Waals surface area contributed by atoms with Crippen LogP contribution in [0.3, 0.4) is 0 Å². The minimum absolute atomic E-state index is 0.0343. The van der Waals surface area contributed by atoms with Gasteiger partial charge >= 0.3 is 5.69 Å². The lowest BCUT2D eigenvalue weighted by Crippen LogP contribution is -2.47. The molecule has 0 atom stereocenters. The van der Waals surface area contributed by atoms with Crippen LogP contribution in [0, 0.1) is 10.1 Å². The number of anilines is 2. The van der Waals surface area contributed by atoms with Crippen LogP contribution in [0.5, 0.6) is 0 Å². The predicted octanol–water partition coefficient (Wildman–Crippen LogP) is 0.958. The molecule has 0 aromatic carbocycles. The average Bonchev–Trinajstić information content (AvgIpc) is 2.47. The minimum Gasteiger partial charge on any atom is -0.357 e. The van der Waals surface area contributed by atoms with Crippen molar-refractivity contribution in [1.29, 1.82) is 0 Å². The molecule has 1 aromatic rings. The highest BCUT2D eigenvalue weighted by molar-refractivity contribution is 5.59. The lowest BCUT2D eigenvalue weighted by Gasteiger charge is -2.34. The third kappa shape index (κ3) is 3.13. The van der Waals surface area contributed by atoms with Crippen LogP contribution in [0.2, 0.25) is 0 Å². The van der Waals surface area contributed by atoms with Gasteiger partial charge in [-0.25, -0.2) is 4.98 Å². The summed E-state index contributed by atoms with van der Waals surface area (Å²) in [5.74, 6) is 0.812. The summed E-state index contributed by atoms with van der Waals surface area (Å²) in [4.78, 5) is 23.2. The fourth-order valence-electron chi connectivity index (χ4n) is 2.35. The van der Waals surface area contributed by atoms with Gasteiger partial charge in [0, 0.05) is 33.2 Å². The highest BCUT2D eigenvalue weighted by Gasteiger charge is 2.25. The molecule has 1 aromatic heterocycles. The highest BCUT2D eigenvalue weighted by atomic mass is 16.6. The molecule has 20 heavy (non-hydrogen) atoms. The molecule has 0 bridgehead atoms. The quantitative estimate of drug-likeness (QED) is 0.634. The maximum Gasteiger partial charge on any atom is 0.329 e. The van der Waals surface area contributed by atoms with Crippen molar-refractivity contribution in [2.75, 3.05) is 50.0 Å². The third-order valence-corrected chi connectivity index (χ3v) is 3.38. The van der Waals surface area contributed by atoms with Crippen molar-refractivity contribution in [3.8, 4) is 0 Å². The molecule has 1 saturated heterocycles. The number of hydrogen-bond donors (Lipinski definition) is 1. The summed E-state index contributed by atoms with van der Waals surface area (Å²) in [6.45, 7) is 6.54. The number of nitrogens with zero attached hydrogens (tertiary/aromatic N) is 5. The van der Waals surface area contributed by atoms with Crippen LogP contribution in [0.15, 0.2) is 6.20 Å². The number of piperazine rings is 1. The lowest BCUT2D eigenvalue weighted by molar-refractivity contribution is -0.384. The molecule has 2 heterocycles. The number of nitro groups is 1. The molecule has 0 spiro atoms. The fourth-order valence-corrected chi connectivity index (χ4v) is 2.35. The molecule has 0 aliphatic carbocycles. The Balaban J connectivity index is 2.17. The highest BCUT2D eigenvalue weighted by Crippen LogP contribution is 2.26. The van der Waals surface area contributed by atoms with Crippen molar-refractivity contribution in [1.82, 2.24) is 14.9 Å². The molecule has 1 aliphatic rings. The summed E-state index contributed by atoms with van der Waals surface area (Å²) < 4.78 is 0. The van der Waals surface area contributed by atoms with E-state index in [2.05, 4.69) is 27.1 Å². The first-order valence-electron chi connectivity index (χ1n) is 6.82. The van der Waals surface area contributed by atoms with Crippen LogP contribution in [0.4, 0.5) is 17.5 Å². The number of hydrogen-bond acceptors (Lipinski definition) is 7. The van der Waals surface area contributed by atoms with Gasteiger partial charge in [0.05, 0.1) is 4.92 Å². The Kier molecular flexibility index (Phi) is 4.67. The van der Waals surface area contributed by atoms with E-state index in [4.69, 9.17) is 0 Å². The van der Waals surface area contributed by atoms with Gasteiger partial charge in [-0.3, -0.25) is 15.0 Å². The van der Waals surface area contributed by atoms with E-state index in [0.29, 0.717) is 11.8 Å². The second-order valence-corrected chi connectivity index (χ2v) is 4.74. The molecule has 1 fully saturated rings. The standard InChI is InChI=1S/C12H20N6O2/c1-3-4-16-5-7-17(8-6-16)11-10(18(19)20)9-14-12(13-2)15-11/h9H,3-8H2,1-2H3,(H,13,14,15). The molecule has 0 amide bonds. The van der Waals surface area contributed by atoms with Crippen molar-refractivity contribution in [3.63, 3.8) is 0 Å². The summed E-state index contributed by atoms with van der Waals surface area (Å²) in [7, 11) is 1.70. The molecule has 0 unspecified atom stereocenters. The van der Waals surface area contributed by atoms with Crippen LogP contribution in [-0.4, -0.2) is 59.6 Å². The molecular formula is C12H20N6O2. The van der Waals surface area contributed by atoms with Crippen molar-refractivity contribution in [2.45, 2.75) is 13.3 Å². The first-order chi connectivity index (χ1) is 9.65. The largest absolute Gasteiger partial charge is 0.357 e. The number of rotatable bonds is 5. The molecule has 110 valence electrons. The number of aromatic nitrogens is 2. The molecule has 8 nitrogen and oxygen atoms in total. The normalized spacial score (nSPS) is 16.2. The zero-order chi connectivity index (χ0) is 14.5.